The summed E-state index contributed by atoms with van der Waals surface area (Å²) in [6, 6.07) is 5.03. The molecule has 14 heavy (non-hydrogen) atoms. The molecule has 2 atom stereocenters. The molecule has 0 aliphatic carbocycles. The minimum atomic E-state index is 0.544. The van der Waals surface area contributed by atoms with Crippen LogP contribution in [0.3, 0.4) is 0 Å². The van der Waals surface area contributed by atoms with Crippen LogP contribution in [0, 0.1) is 0 Å². The summed E-state index contributed by atoms with van der Waals surface area (Å²) in [5.41, 5.74) is 2.60. The van der Waals surface area contributed by atoms with E-state index in [9.17, 15) is 0 Å². The van der Waals surface area contributed by atoms with Crippen LogP contribution in [0.2, 0.25) is 5.15 Å². The Morgan fingerprint density at radius 3 is 2.86 bits per heavy atom. The molecule has 3 heterocycles. The molecule has 0 saturated carbocycles. The molecule has 2 aliphatic heterocycles. The lowest BCUT2D eigenvalue weighted by molar-refractivity contribution is 0.721. The molecule has 1 aromatic heterocycles. The second-order valence-electron chi connectivity index (χ2n) is 3.89. The van der Waals surface area contributed by atoms with E-state index in [0.29, 0.717) is 17.2 Å². The summed E-state index contributed by atoms with van der Waals surface area (Å²) in [5.74, 6) is 0. The molecule has 1 fully saturated rings. The number of fused-ring (bicyclic) bond motifs is 2. The lowest BCUT2D eigenvalue weighted by Crippen LogP contribution is -2.21. The van der Waals surface area contributed by atoms with Crippen molar-refractivity contribution in [2.75, 3.05) is 0 Å². The van der Waals surface area contributed by atoms with Gasteiger partial charge in [0.05, 0.1) is 0 Å². The third-order valence-electron chi connectivity index (χ3n) is 3.00. The van der Waals surface area contributed by atoms with Gasteiger partial charge < -0.3 is 5.32 Å². The fourth-order valence-electron chi connectivity index (χ4n) is 2.32. The van der Waals surface area contributed by atoms with Crippen molar-refractivity contribution in [3.63, 3.8) is 0 Å². The Labute approximate surface area is 88.0 Å². The van der Waals surface area contributed by atoms with Gasteiger partial charge in [0, 0.05) is 18.3 Å². The van der Waals surface area contributed by atoms with E-state index in [4.69, 9.17) is 11.6 Å². The van der Waals surface area contributed by atoms with Crippen molar-refractivity contribution in [2.24, 2.45) is 0 Å². The van der Waals surface area contributed by atoms with Crippen LogP contribution in [-0.4, -0.2) is 17.1 Å². The van der Waals surface area contributed by atoms with E-state index >= 15 is 0 Å². The van der Waals surface area contributed by atoms with Crippen molar-refractivity contribution in [2.45, 2.75) is 24.9 Å². The molecule has 0 aromatic carbocycles. The van der Waals surface area contributed by atoms with E-state index < -0.39 is 0 Å². The predicted molar refractivity (Wildman–Crippen MR) is 57.2 cm³/mol. The van der Waals surface area contributed by atoms with Crippen molar-refractivity contribution in [1.29, 1.82) is 0 Å². The third-order valence-corrected chi connectivity index (χ3v) is 3.22. The summed E-state index contributed by atoms with van der Waals surface area (Å²) in [6.45, 7) is 0. The fourth-order valence-corrected chi connectivity index (χ4v) is 2.44. The minimum Gasteiger partial charge on any atom is -0.304 e. The predicted octanol–water partition coefficient (Wildman–Crippen LogP) is 2.25. The Bertz CT molecular complexity index is 383. The summed E-state index contributed by atoms with van der Waals surface area (Å²) in [7, 11) is 0. The van der Waals surface area contributed by atoms with E-state index in [1.807, 2.05) is 18.3 Å². The Morgan fingerprint density at radius 1 is 1.36 bits per heavy atom. The smallest absolute Gasteiger partial charge is 0.129 e. The van der Waals surface area contributed by atoms with E-state index in [1.165, 1.54) is 24.0 Å². The lowest BCUT2D eigenvalue weighted by atomic mass is 9.94. The quantitative estimate of drug-likeness (QED) is 0.713. The summed E-state index contributed by atoms with van der Waals surface area (Å²) in [6.07, 6.45) is 6.70. The summed E-state index contributed by atoms with van der Waals surface area (Å²) < 4.78 is 0. The van der Waals surface area contributed by atoms with Crippen molar-refractivity contribution in [3.8, 4) is 0 Å². The molecule has 2 nitrogen and oxygen atoms in total. The van der Waals surface area contributed by atoms with E-state index in [-0.39, 0.29) is 0 Å². The van der Waals surface area contributed by atoms with Crippen LogP contribution >= 0.6 is 11.6 Å². The Hall–Kier alpha value is -0.860. The number of aromatic nitrogens is 1. The summed E-state index contributed by atoms with van der Waals surface area (Å²) >= 11 is 5.75. The molecule has 1 N–H and O–H groups in total. The highest BCUT2D eigenvalue weighted by Crippen LogP contribution is 2.33. The Kier molecular flexibility index (Phi) is 1.85. The molecule has 0 spiro atoms. The van der Waals surface area contributed by atoms with Crippen molar-refractivity contribution in [3.05, 3.63) is 35.1 Å². The van der Waals surface area contributed by atoms with Gasteiger partial charge in [-0.3, -0.25) is 0 Å². The fraction of sp³-hybridized carbons (Fsp3) is 0.364. The van der Waals surface area contributed by atoms with Gasteiger partial charge in [0.1, 0.15) is 5.15 Å². The molecule has 72 valence electrons. The number of pyridine rings is 1. The maximum absolute atomic E-state index is 5.75. The lowest BCUT2D eigenvalue weighted by Gasteiger charge is -2.11. The van der Waals surface area contributed by atoms with Crippen LogP contribution in [-0.2, 0) is 0 Å². The first-order valence-corrected chi connectivity index (χ1v) is 5.30. The van der Waals surface area contributed by atoms with Crippen LogP contribution in [0.25, 0.3) is 5.57 Å². The van der Waals surface area contributed by atoms with Gasteiger partial charge in [-0.15, -0.1) is 0 Å². The number of nitrogens with zero attached hydrogens (tertiary/aromatic N) is 1. The normalized spacial score (nSPS) is 29.4. The van der Waals surface area contributed by atoms with Crippen LogP contribution < -0.4 is 5.32 Å². The molecule has 1 aromatic rings. The van der Waals surface area contributed by atoms with Crippen LogP contribution in [0.4, 0.5) is 0 Å². The number of hydrogen-bond donors (Lipinski definition) is 1. The third kappa shape index (κ3) is 1.26. The number of rotatable bonds is 1. The molecule has 0 radical (unpaired) electrons. The molecule has 0 amide bonds. The maximum Gasteiger partial charge on any atom is 0.129 e. The van der Waals surface area contributed by atoms with Gasteiger partial charge in [-0.1, -0.05) is 23.7 Å². The SMILES string of the molecule is Clc1ccc(C2=C[C@@H]3CC[C@H]2N3)cn1. The van der Waals surface area contributed by atoms with Crippen molar-refractivity contribution >= 4 is 17.2 Å². The van der Waals surface area contributed by atoms with Crippen molar-refractivity contribution < 1.29 is 0 Å². The second kappa shape index (κ2) is 3.07. The first kappa shape index (κ1) is 8.45. The van der Waals surface area contributed by atoms with E-state index in [1.54, 1.807) is 0 Å². The minimum absolute atomic E-state index is 0.544. The highest BCUT2D eigenvalue weighted by molar-refractivity contribution is 6.29. The van der Waals surface area contributed by atoms with Gasteiger partial charge in [0.25, 0.3) is 0 Å². The monoisotopic (exact) mass is 206 g/mol. The highest BCUT2D eigenvalue weighted by atomic mass is 35.5. The first-order chi connectivity index (χ1) is 6.83. The van der Waals surface area contributed by atoms with E-state index in [0.717, 1.165) is 0 Å². The van der Waals surface area contributed by atoms with Crippen LogP contribution in [0.5, 0.6) is 0 Å². The summed E-state index contributed by atoms with van der Waals surface area (Å²) in [4.78, 5) is 4.10. The van der Waals surface area contributed by atoms with Gasteiger partial charge in [0.15, 0.2) is 0 Å². The topological polar surface area (TPSA) is 24.9 Å². The molecular weight excluding hydrogens is 196 g/mol. The number of hydrogen-bond acceptors (Lipinski definition) is 2. The zero-order valence-corrected chi connectivity index (χ0v) is 8.46. The molecule has 0 unspecified atom stereocenters. The molecular formula is C11H11ClN2. The Morgan fingerprint density at radius 2 is 2.29 bits per heavy atom. The molecule has 2 aliphatic rings. The average molecular weight is 207 g/mol. The van der Waals surface area contributed by atoms with Crippen molar-refractivity contribution in [1.82, 2.24) is 10.3 Å². The standard InChI is InChI=1S/C11H11ClN2/c12-11-4-1-7(6-13-11)9-5-8-2-3-10(9)14-8/h1,4-6,8,10,14H,2-3H2/t8-,10+/m0/s1. The van der Waals surface area contributed by atoms with Crippen LogP contribution in [0.1, 0.15) is 18.4 Å². The zero-order chi connectivity index (χ0) is 9.54. The van der Waals surface area contributed by atoms with Gasteiger partial charge in [-0.2, -0.15) is 0 Å². The van der Waals surface area contributed by atoms with Gasteiger partial charge in [-0.25, -0.2) is 4.98 Å². The number of halogens is 1. The highest BCUT2D eigenvalue weighted by Gasteiger charge is 2.32. The van der Waals surface area contributed by atoms with Gasteiger partial charge in [-0.05, 0) is 30.0 Å². The molecule has 1 saturated heterocycles. The second-order valence-corrected chi connectivity index (χ2v) is 4.28. The summed E-state index contributed by atoms with van der Waals surface area (Å²) in [5, 5.41) is 4.10. The van der Waals surface area contributed by atoms with Gasteiger partial charge >= 0.3 is 0 Å². The van der Waals surface area contributed by atoms with Crippen LogP contribution in [0.15, 0.2) is 24.4 Å². The Balaban J connectivity index is 1.96. The first-order valence-electron chi connectivity index (χ1n) is 4.92. The maximum atomic E-state index is 5.75. The molecule has 2 bridgehead atoms. The number of nitrogens with one attached hydrogen (secondary N) is 1. The zero-order valence-electron chi connectivity index (χ0n) is 7.70. The molecule has 3 heteroatoms. The van der Waals surface area contributed by atoms with E-state index in [2.05, 4.69) is 16.4 Å². The largest absolute Gasteiger partial charge is 0.304 e. The average Bonchev–Trinajstić information content (AvgIpc) is 2.80. The van der Waals surface area contributed by atoms with Gasteiger partial charge in [0.2, 0.25) is 0 Å². The molecule has 3 rings (SSSR count).